The fourth-order valence-corrected chi connectivity index (χ4v) is 4.26. The van der Waals surface area contributed by atoms with Crippen molar-refractivity contribution in [2.75, 3.05) is 21.3 Å². The Balaban J connectivity index is 1.63. The van der Waals surface area contributed by atoms with Crippen LogP contribution in [0.5, 0.6) is 17.2 Å². The molecule has 1 aliphatic carbocycles. The zero-order chi connectivity index (χ0) is 22.7. The van der Waals surface area contributed by atoms with Crippen molar-refractivity contribution in [3.05, 3.63) is 71.8 Å². The predicted molar refractivity (Wildman–Crippen MR) is 127 cm³/mol. The molecule has 32 heavy (non-hydrogen) atoms. The van der Waals surface area contributed by atoms with Crippen LogP contribution in [0.3, 0.4) is 0 Å². The van der Waals surface area contributed by atoms with E-state index in [2.05, 4.69) is 37.3 Å². The Morgan fingerprint density at radius 2 is 1.62 bits per heavy atom. The summed E-state index contributed by atoms with van der Waals surface area (Å²) in [5.74, 6) is 1.65. The minimum Gasteiger partial charge on any atom is -0.493 e. The molecular formula is C27H29NO4. The summed E-state index contributed by atoms with van der Waals surface area (Å²) < 4.78 is 16.2. The number of carbonyl (C=O) groups is 1. The van der Waals surface area contributed by atoms with Crippen LogP contribution in [-0.4, -0.2) is 38.2 Å². The summed E-state index contributed by atoms with van der Waals surface area (Å²) in [6, 6.07) is 18.6. The second-order valence-electron chi connectivity index (χ2n) is 8.01. The highest BCUT2D eigenvalue weighted by molar-refractivity contribution is 5.93. The number of carbonyl (C=O) groups excluding carboxylic acids is 1. The van der Waals surface area contributed by atoms with Crippen molar-refractivity contribution in [1.82, 2.24) is 4.90 Å². The fraction of sp³-hybridized carbons (Fsp3) is 0.296. The maximum absolute atomic E-state index is 13.3. The molecule has 1 unspecified atom stereocenters. The highest BCUT2D eigenvalue weighted by atomic mass is 16.5. The number of hydrogen-bond donors (Lipinski definition) is 0. The standard InChI is InChI=1S/C27H29NO4/c1-18(22-11-7-9-20-8-5-6-10-23(20)22)28(21-13-14-21)26(29)15-12-19-16-24(30-2)27(32-4)25(17-19)31-3/h5-12,15-18,21H,13-14H2,1-4H3/b15-12+. The third-order valence-corrected chi connectivity index (χ3v) is 5.99. The molecule has 0 aliphatic heterocycles. The van der Waals surface area contributed by atoms with Crippen LogP contribution in [0.25, 0.3) is 16.8 Å². The first kappa shape index (κ1) is 21.8. The molecule has 1 fully saturated rings. The molecule has 0 heterocycles. The molecule has 4 rings (SSSR count). The van der Waals surface area contributed by atoms with Gasteiger partial charge >= 0.3 is 0 Å². The van der Waals surface area contributed by atoms with E-state index in [1.165, 1.54) is 16.3 Å². The smallest absolute Gasteiger partial charge is 0.247 e. The molecule has 0 saturated heterocycles. The zero-order valence-corrected chi connectivity index (χ0v) is 19.0. The van der Waals surface area contributed by atoms with Gasteiger partial charge in [-0.2, -0.15) is 0 Å². The quantitative estimate of drug-likeness (QED) is 0.434. The van der Waals surface area contributed by atoms with Gasteiger partial charge in [0.15, 0.2) is 11.5 Å². The lowest BCUT2D eigenvalue weighted by atomic mass is 9.98. The van der Waals surface area contributed by atoms with Crippen LogP contribution in [0.1, 0.15) is 36.9 Å². The first-order valence-electron chi connectivity index (χ1n) is 10.9. The average molecular weight is 432 g/mol. The Morgan fingerprint density at radius 1 is 0.969 bits per heavy atom. The van der Waals surface area contributed by atoms with Gasteiger partial charge in [-0.05, 0) is 59.9 Å². The molecule has 3 aromatic carbocycles. The Morgan fingerprint density at radius 3 is 2.25 bits per heavy atom. The van der Waals surface area contributed by atoms with E-state index in [1.54, 1.807) is 33.5 Å². The molecule has 1 atom stereocenters. The van der Waals surface area contributed by atoms with Gasteiger partial charge in [0.2, 0.25) is 11.7 Å². The first-order valence-corrected chi connectivity index (χ1v) is 10.9. The van der Waals surface area contributed by atoms with Gasteiger partial charge in [-0.1, -0.05) is 42.5 Å². The van der Waals surface area contributed by atoms with E-state index in [1.807, 2.05) is 29.2 Å². The largest absolute Gasteiger partial charge is 0.493 e. The molecule has 166 valence electrons. The Hall–Kier alpha value is -3.47. The average Bonchev–Trinajstić information content (AvgIpc) is 3.66. The summed E-state index contributed by atoms with van der Waals surface area (Å²) in [7, 11) is 4.73. The van der Waals surface area contributed by atoms with Crippen LogP contribution in [0.2, 0.25) is 0 Å². The van der Waals surface area contributed by atoms with Crippen LogP contribution in [0, 0.1) is 0 Å². The van der Waals surface area contributed by atoms with E-state index in [-0.39, 0.29) is 18.0 Å². The molecule has 1 saturated carbocycles. The van der Waals surface area contributed by atoms with Crippen LogP contribution in [0.4, 0.5) is 0 Å². The summed E-state index contributed by atoms with van der Waals surface area (Å²) in [6.07, 6.45) is 5.52. The Labute approximate surface area is 189 Å². The summed E-state index contributed by atoms with van der Waals surface area (Å²) in [6.45, 7) is 2.12. The SMILES string of the molecule is COc1cc(/C=C/C(=O)N(C2CC2)C(C)c2cccc3ccccc23)cc(OC)c1OC. The number of rotatable bonds is 8. The van der Waals surface area contributed by atoms with E-state index in [0.29, 0.717) is 17.2 Å². The fourth-order valence-electron chi connectivity index (χ4n) is 4.26. The van der Waals surface area contributed by atoms with Crippen LogP contribution >= 0.6 is 0 Å². The van der Waals surface area contributed by atoms with Crippen molar-refractivity contribution >= 4 is 22.8 Å². The maximum Gasteiger partial charge on any atom is 0.247 e. The van der Waals surface area contributed by atoms with Gasteiger partial charge in [0.25, 0.3) is 0 Å². The van der Waals surface area contributed by atoms with Crippen molar-refractivity contribution in [1.29, 1.82) is 0 Å². The van der Waals surface area contributed by atoms with E-state index in [4.69, 9.17) is 14.2 Å². The lowest BCUT2D eigenvalue weighted by Crippen LogP contribution is -2.34. The molecule has 5 heteroatoms. The second kappa shape index (κ2) is 9.35. The molecule has 0 N–H and O–H groups in total. The zero-order valence-electron chi connectivity index (χ0n) is 19.0. The predicted octanol–water partition coefficient (Wildman–Crippen LogP) is 5.63. The molecular weight excluding hydrogens is 402 g/mol. The number of nitrogens with zero attached hydrogens (tertiary/aromatic N) is 1. The highest BCUT2D eigenvalue weighted by Gasteiger charge is 2.35. The molecule has 0 spiro atoms. The van der Waals surface area contributed by atoms with Crippen LogP contribution in [-0.2, 0) is 4.79 Å². The van der Waals surface area contributed by atoms with Crippen molar-refractivity contribution in [2.24, 2.45) is 0 Å². The third-order valence-electron chi connectivity index (χ3n) is 5.99. The van der Waals surface area contributed by atoms with Gasteiger partial charge in [0.05, 0.1) is 27.4 Å². The topological polar surface area (TPSA) is 48.0 Å². The van der Waals surface area contributed by atoms with Gasteiger partial charge in [-0.3, -0.25) is 4.79 Å². The summed E-state index contributed by atoms with van der Waals surface area (Å²) in [5.41, 5.74) is 1.98. The van der Waals surface area contributed by atoms with Crippen LogP contribution < -0.4 is 14.2 Å². The first-order chi connectivity index (χ1) is 15.6. The van der Waals surface area contributed by atoms with E-state index in [0.717, 1.165) is 18.4 Å². The molecule has 1 amide bonds. The molecule has 0 radical (unpaired) electrons. The monoisotopic (exact) mass is 431 g/mol. The van der Waals surface area contributed by atoms with Crippen molar-refractivity contribution < 1.29 is 19.0 Å². The van der Waals surface area contributed by atoms with Gasteiger partial charge in [-0.25, -0.2) is 0 Å². The van der Waals surface area contributed by atoms with E-state index >= 15 is 0 Å². The second-order valence-corrected chi connectivity index (χ2v) is 8.01. The highest BCUT2D eigenvalue weighted by Crippen LogP contribution is 2.39. The summed E-state index contributed by atoms with van der Waals surface area (Å²) >= 11 is 0. The van der Waals surface area contributed by atoms with Crippen molar-refractivity contribution in [3.8, 4) is 17.2 Å². The summed E-state index contributed by atoms with van der Waals surface area (Å²) in [4.78, 5) is 15.3. The lowest BCUT2D eigenvalue weighted by Gasteiger charge is -2.29. The molecule has 3 aromatic rings. The molecule has 0 bridgehead atoms. The minimum atomic E-state index is -0.0225. The normalized spacial score (nSPS) is 14.4. The van der Waals surface area contributed by atoms with Crippen molar-refractivity contribution in [3.63, 3.8) is 0 Å². The lowest BCUT2D eigenvalue weighted by molar-refractivity contribution is -0.128. The number of amides is 1. The Kier molecular flexibility index (Phi) is 6.35. The van der Waals surface area contributed by atoms with Gasteiger partial charge < -0.3 is 19.1 Å². The summed E-state index contributed by atoms with van der Waals surface area (Å²) in [5, 5.41) is 2.38. The number of ether oxygens (including phenoxy) is 3. The van der Waals surface area contributed by atoms with E-state index in [9.17, 15) is 4.79 Å². The number of hydrogen-bond acceptors (Lipinski definition) is 4. The Bertz CT molecular complexity index is 1120. The van der Waals surface area contributed by atoms with Gasteiger partial charge in [0, 0.05) is 12.1 Å². The number of methoxy groups -OCH3 is 3. The number of benzene rings is 3. The van der Waals surface area contributed by atoms with Gasteiger partial charge in [0.1, 0.15) is 0 Å². The molecule has 0 aromatic heterocycles. The third kappa shape index (κ3) is 4.28. The minimum absolute atomic E-state index is 0.00156. The van der Waals surface area contributed by atoms with Crippen molar-refractivity contribution in [2.45, 2.75) is 31.8 Å². The number of fused-ring (bicyclic) bond motifs is 1. The molecule has 5 nitrogen and oxygen atoms in total. The van der Waals surface area contributed by atoms with Gasteiger partial charge in [-0.15, -0.1) is 0 Å². The van der Waals surface area contributed by atoms with E-state index < -0.39 is 0 Å². The maximum atomic E-state index is 13.3. The molecule has 1 aliphatic rings. The van der Waals surface area contributed by atoms with Crippen LogP contribution in [0.15, 0.2) is 60.7 Å².